The third-order valence-electron chi connectivity index (χ3n) is 7.22. The Morgan fingerprint density at radius 1 is 0.694 bits per heavy atom. The molecule has 3 rings (SSSR count). The molecule has 1 aliphatic heterocycles. The highest BCUT2D eigenvalue weighted by molar-refractivity contribution is 4.98. The molecule has 17 heteroatoms. The van der Waals surface area contributed by atoms with Crippen LogP contribution in [0.25, 0.3) is 0 Å². The zero-order chi connectivity index (χ0) is 23.9. The average Bonchev–Trinajstić information content (AvgIpc) is 2.76. The van der Waals surface area contributed by atoms with Crippen LogP contribution >= 0.6 is 0 Å². The first kappa shape index (κ1) is 38.8. The minimum absolute atomic E-state index is 0. The Bertz CT molecular complexity index is 637. The SMILES string of the molecule is CC1CC(OC2C(O)C([NH3+])CC([NH3+])C2OC2OC(C[NH3+])C(O)C(O)C2[NH3+])C(O)C(O)C1O.[Cl-].[Cl-].[Cl-].[Cl-]. The van der Waals surface area contributed by atoms with Crippen molar-refractivity contribution in [2.24, 2.45) is 5.92 Å². The van der Waals surface area contributed by atoms with E-state index in [4.69, 9.17) is 14.2 Å². The maximum atomic E-state index is 10.9. The maximum absolute atomic E-state index is 10.9. The lowest BCUT2D eigenvalue weighted by atomic mass is 9.80. The molecule has 13 nitrogen and oxygen atoms in total. The number of hydrogen-bond acceptors (Lipinski definition) is 9. The summed E-state index contributed by atoms with van der Waals surface area (Å²) in [6.07, 6.45) is -10.8. The Morgan fingerprint density at radius 3 is 1.83 bits per heavy atom. The Morgan fingerprint density at radius 2 is 1.28 bits per heavy atom. The van der Waals surface area contributed by atoms with Crippen LogP contribution in [0.1, 0.15) is 19.8 Å². The fraction of sp³-hybridized carbons (Fsp3) is 1.00. The highest BCUT2D eigenvalue weighted by Crippen LogP contribution is 2.33. The van der Waals surface area contributed by atoms with E-state index in [2.05, 4.69) is 22.9 Å². The van der Waals surface area contributed by atoms with E-state index in [0.717, 1.165) is 0 Å². The zero-order valence-corrected chi connectivity index (χ0v) is 23.1. The molecule has 2 aliphatic carbocycles. The van der Waals surface area contributed by atoms with Gasteiger partial charge >= 0.3 is 0 Å². The smallest absolute Gasteiger partial charge is 0.214 e. The number of hydrogen-bond donors (Lipinski definition) is 10. The predicted molar refractivity (Wildman–Crippen MR) is 104 cm³/mol. The first-order valence-corrected chi connectivity index (χ1v) is 11.3. The van der Waals surface area contributed by atoms with Crippen molar-refractivity contribution >= 4 is 0 Å². The molecule has 1 saturated heterocycles. The van der Waals surface area contributed by atoms with Crippen LogP contribution in [-0.2, 0) is 14.2 Å². The van der Waals surface area contributed by atoms with Gasteiger partial charge in [-0.2, -0.15) is 0 Å². The summed E-state index contributed by atoms with van der Waals surface area (Å²) in [5.74, 6) is -0.329. The van der Waals surface area contributed by atoms with Crippen LogP contribution in [0.2, 0.25) is 0 Å². The molecule has 15 unspecified atom stereocenters. The lowest BCUT2D eigenvalue weighted by molar-refractivity contribution is -0.536. The van der Waals surface area contributed by atoms with Crippen LogP contribution in [0.15, 0.2) is 0 Å². The third-order valence-corrected chi connectivity index (χ3v) is 7.22. The van der Waals surface area contributed by atoms with Gasteiger partial charge in [-0.25, -0.2) is 0 Å². The first-order chi connectivity index (χ1) is 15.0. The maximum Gasteiger partial charge on any atom is 0.214 e. The van der Waals surface area contributed by atoms with Crippen LogP contribution in [0.3, 0.4) is 0 Å². The third kappa shape index (κ3) is 7.86. The van der Waals surface area contributed by atoms with Crippen LogP contribution < -0.4 is 72.6 Å². The average molecular weight is 612 g/mol. The van der Waals surface area contributed by atoms with Crippen LogP contribution in [0.4, 0.5) is 0 Å². The molecule has 0 aromatic heterocycles. The van der Waals surface area contributed by atoms with Gasteiger partial charge in [-0.05, 0) is 12.3 Å². The van der Waals surface area contributed by atoms with Gasteiger partial charge in [0.2, 0.25) is 6.29 Å². The number of halogens is 4. The van der Waals surface area contributed by atoms with E-state index < -0.39 is 79.4 Å². The van der Waals surface area contributed by atoms with Gasteiger partial charge in [0.1, 0.15) is 67.5 Å². The summed E-state index contributed by atoms with van der Waals surface area (Å²) in [5.41, 5.74) is 15.7. The van der Waals surface area contributed by atoms with E-state index in [1.54, 1.807) is 6.92 Å². The molecule has 220 valence electrons. The highest BCUT2D eigenvalue weighted by atomic mass is 35.5. The summed E-state index contributed by atoms with van der Waals surface area (Å²) in [7, 11) is 0. The number of ether oxygens (including phenoxy) is 3. The largest absolute Gasteiger partial charge is 1.00 e. The number of rotatable bonds is 5. The van der Waals surface area contributed by atoms with Gasteiger partial charge in [0.25, 0.3) is 0 Å². The standard InChI is InChI=1S/C19H38N4O9.4ClH/c1-5-2-8(13(26)16(29)11(5)24)30-18-12(25)6(21)3-7(22)17(18)32-19-10(23)15(28)14(27)9(4-20)31-19;;;;/h5-19,24-29H,2-4,20-23H2,1H3;4*1H. The normalized spacial score (nSPS) is 48.9. The molecule has 0 radical (unpaired) electrons. The van der Waals surface area contributed by atoms with Crippen LogP contribution in [0, 0.1) is 5.92 Å². The summed E-state index contributed by atoms with van der Waals surface area (Å²) in [4.78, 5) is 0. The van der Waals surface area contributed by atoms with Gasteiger partial charge in [-0.1, -0.05) is 6.92 Å². The van der Waals surface area contributed by atoms with Gasteiger partial charge in [0.05, 0.1) is 18.6 Å². The Kier molecular flexibility index (Phi) is 17.3. The molecule has 36 heavy (non-hydrogen) atoms. The summed E-state index contributed by atoms with van der Waals surface area (Å²) in [6, 6.07) is -1.58. The molecule has 18 N–H and O–H groups in total. The molecule has 0 aromatic rings. The number of aliphatic hydroxyl groups excluding tert-OH is 6. The second-order valence-corrected chi connectivity index (χ2v) is 9.65. The van der Waals surface area contributed by atoms with Gasteiger partial charge in [-0.3, -0.25) is 0 Å². The van der Waals surface area contributed by atoms with E-state index in [9.17, 15) is 30.6 Å². The van der Waals surface area contributed by atoms with E-state index in [0.29, 0.717) is 6.42 Å². The molecular weight excluding hydrogens is 570 g/mol. The molecule has 15 atom stereocenters. The van der Waals surface area contributed by atoms with Gasteiger partial charge in [-0.15, -0.1) is 0 Å². The van der Waals surface area contributed by atoms with Gasteiger partial charge in [0, 0.05) is 0 Å². The number of quaternary nitrogens is 4. The quantitative estimate of drug-likeness (QED) is 0.141. The fourth-order valence-corrected chi connectivity index (χ4v) is 5.00. The Balaban J connectivity index is 0. The molecular formula is C19H42Cl4N4O9. The lowest BCUT2D eigenvalue weighted by Gasteiger charge is -2.46. The van der Waals surface area contributed by atoms with Crippen molar-refractivity contribution < 1.29 is 117 Å². The summed E-state index contributed by atoms with van der Waals surface area (Å²) in [6.45, 7) is 1.95. The minimum Gasteiger partial charge on any atom is -1.00 e. The monoisotopic (exact) mass is 610 g/mol. The second-order valence-electron chi connectivity index (χ2n) is 9.65. The Labute approximate surface area is 234 Å². The lowest BCUT2D eigenvalue weighted by Crippen LogP contribution is -3.00. The van der Waals surface area contributed by atoms with E-state index in [1.807, 2.05) is 0 Å². The number of aliphatic hydroxyl groups is 6. The molecule has 0 amide bonds. The highest BCUT2D eigenvalue weighted by Gasteiger charge is 2.54. The predicted octanol–water partition coefficient (Wildman–Crippen LogP) is -20.5. The van der Waals surface area contributed by atoms with Crippen LogP contribution in [0.5, 0.6) is 0 Å². The molecule has 0 spiro atoms. The fourth-order valence-electron chi connectivity index (χ4n) is 5.00. The molecule has 2 saturated carbocycles. The molecule has 1 heterocycles. The second kappa shape index (κ2) is 16.0. The van der Waals surface area contributed by atoms with Crippen molar-refractivity contribution in [1.82, 2.24) is 0 Å². The van der Waals surface area contributed by atoms with Gasteiger partial charge in [0.15, 0.2) is 6.04 Å². The summed E-state index contributed by atoms with van der Waals surface area (Å²) < 4.78 is 18.0. The van der Waals surface area contributed by atoms with E-state index in [-0.39, 0.29) is 74.6 Å². The van der Waals surface area contributed by atoms with Crippen molar-refractivity contribution in [3.8, 4) is 0 Å². The van der Waals surface area contributed by atoms with Crippen molar-refractivity contribution in [2.45, 2.75) is 105 Å². The Hall–Kier alpha value is 0.640. The molecule has 3 fully saturated rings. The van der Waals surface area contributed by atoms with Crippen LogP contribution in [-0.4, -0.2) is 123 Å². The topological polar surface area (TPSA) is 260 Å². The zero-order valence-electron chi connectivity index (χ0n) is 20.0. The molecule has 3 aliphatic rings. The van der Waals surface area contributed by atoms with Gasteiger partial charge < -0.3 is 117 Å². The van der Waals surface area contributed by atoms with E-state index in [1.165, 1.54) is 0 Å². The van der Waals surface area contributed by atoms with Crippen molar-refractivity contribution in [3.63, 3.8) is 0 Å². The molecule has 0 aromatic carbocycles. The molecule has 0 bridgehead atoms. The van der Waals surface area contributed by atoms with Crippen molar-refractivity contribution in [2.75, 3.05) is 6.54 Å². The summed E-state index contributed by atoms with van der Waals surface area (Å²) >= 11 is 0. The first-order valence-electron chi connectivity index (χ1n) is 11.3. The van der Waals surface area contributed by atoms with Crippen molar-refractivity contribution in [3.05, 3.63) is 0 Å². The minimum atomic E-state index is -1.38. The summed E-state index contributed by atoms with van der Waals surface area (Å²) in [5, 5.41) is 62.1. The van der Waals surface area contributed by atoms with E-state index >= 15 is 0 Å². The van der Waals surface area contributed by atoms with Crippen molar-refractivity contribution in [1.29, 1.82) is 0 Å².